The predicted octanol–water partition coefficient (Wildman–Crippen LogP) is 3.59. The number of benzene rings is 1. The van der Waals surface area contributed by atoms with Crippen LogP contribution in [0.4, 0.5) is 0 Å². The summed E-state index contributed by atoms with van der Waals surface area (Å²) in [6.07, 6.45) is 6.32. The highest BCUT2D eigenvalue weighted by molar-refractivity contribution is 7.89. The molecule has 2 fully saturated rings. The summed E-state index contributed by atoms with van der Waals surface area (Å²) in [6, 6.07) is 5.72. The quantitative estimate of drug-likeness (QED) is 0.718. The maximum Gasteiger partial charge on any atom is 0.243 e. The number of piperidine rings is 2. The molecule has 2 aliphatic rings. The molecule has 3 unspecified atom stereocenters. The van der Waals surface area contributed by atoms with Crippen LogP contribution in [0.1, 0.15) is 65.7 Å². The molecule has 0 bridgehead atoms. The molecular weight excluding hydrogens is 396 g/mol. The molecular formula is C20H32N2O4S2. The summed E-state index contributed by atoms with van der Waals surface area (Å²) >= 11 is 0. The van der Waals surface area contributed by atoms with Crippen LogP contribution < -0.4 is 0 Å². The van der Waals surface area contributed by atoms with Crippen molar-refractivity contribution in [1.29, 1.82) is 0 Å². The third kappa shape index (κ3) is 4.01. The van der Waals surface area contributed by atoms with E-state index < -0.39 is 20.0 Å². The number of hydrogen-bond donors (Lipinski definition) is 0. The molecule has 1 aromatic carbocycles. The molecule has 28 heavy (non-hydrogen) atoms. The van der Waals surface area contributed by atoms with Crippen LogP contribution in [0.3, 0.4) is 0 Å². The van der Waals surface area contributed by atoms with E-state index in [1.165, 1.54) is 24.3 Å². The third-order valence-corrected chi connectivity index (χ3v) is 10.3. The van der Waals surface area contributed by atoms with Crippen LogP contribution in [0.25, 0.3) is 0 Å². The number of hydrogen-bond acceptors (Lipinski definition) is 4. The predicted molar refractivity (Wildman–Crippen MR) is 110 cm³/mol. The van der Waals surface area contributed by atoms with Crippen molar-refractivity contribution in [2.45, 2.75) is 93.6 Å². The Bertz CT molecular complexity index is 871. The second-order valence-corrected chi connectivity index (χ2v) is 11.8. The molecule has 0 radical (unpaired) electrons. The zero-order valence-corrected chi connectivity index (χ0v) is 18.7. The highest BCUT2D eigenvalue weighted by Crippen LogP contribution is 2.31. The van der Waals surface area contributed by atoms with Gasteiger partial charge in [-0.2, -0.15) is 8.61 Å². The van der Waals surface area contributed by atoms with Gasteiger partial charge in [-0.1, -0.05) is 19.8 Å². The highest BCUT2D eigenvalue weighted by Gasteiger charge is 2.36. The van der Waals surface area contributed by atoms with Gasteiger partial charge in [0.15, 0.2) is 0 Å². The second-order valence-electron chi connectivity index (χ2n) is 8.11. The SMILES string of the molecule is CCC1CCCCN1S(=O)(=O)c1ccc(S(=O)(=O)N2C(C)CCCC2C)cc1. The molecule has 2 aliphatic heterocycles. The van der Waals surface area contributed by atoms with Crippen molar-refractivity contribution in [3.8, 4) is 0 Å². The summed E-state index contributed by atoms with van der Waals surface area (Å²) in [5.41, 5.74) is 0. The minimum atomic E-state index is -3.64. The van der Waals surface area contributed by atoms with Crippen molar-refractivity contribution >= 4 is 20.0 Å². The Labute approximate surface area is 170 Å². The molecule has 0 amide bonds. The van der Waals surface area contributed by atoms with Gasteiger partial charge in [0.25, 0.3) is 0 Å². The average molecular weight is 429 g/mol. The van der Waals surface area contributed by atoms with Crippen LogP contribution in [0.15, 0.2) is 34.1 Å². The summed E-state index contributed by atoms with van der Waals surface area (Å²) in [6.45, 7) is 6.42. The lowest BCUT2D eigenvalue weighted by molar-refractivity contribution is 0.204. The van der Waals surface area contributed by atoms with Crippen LogP contribution in [0.2, 0.25) is 0 Å². The molecule has 3 rings (SSSR count). The molecule has 0 aliphatic carbocycles. The van der Waals surface area contributed by atoms with Crippen molar-refractivity contribution in [2.75, 3.05) is 6.54 Å². The second kappa shape index (κ2) is 8.42. The molecule has 6 nitrogen and oxygen atoms in total. The van der Waals surface area contributed by atoms with Crippen LogP contribution in [0.5, 0.6) is 0 Å². The van der Waals surface area contributed by atoms with Crippen molar-refractivity contribution in [3.05, 3.63) is 24.3 Å². The summed E-state index contributed by atoms with van der Waals surface area (Å²) in [4.78, 5) is 0.337. The molecule has 3 atom stereocenters. The van der Waals surface area contributed by atoms with Gasteiger partial charge in [0, 0.05) is 24.7 Å². The molecule has 0 saturated carbocycles. The molecule has 2 heterocycles. The highest BCUT2D eigenvalue weighted by atomic mass is 32.2. The number of sulfonamides is 2. The summed E-state index contributed by atoms with van der Waals surface area (Å²) < 4.78 is 55.6. The van der Waals surface area contributed by atoms with Crippen molar-refractivity contribution in [3.63, 3.8) is 0 Å². The summed E-state index contributed by atoms with van der Waals surface area (Å²) in [5.74, 6) is 0. The first-order valence-electron chi connectivity index (χ1n) is 10.3. The molecule has 158 valence electrons. The lowest BCUT2D eigenvalue weighted by Gasteiger charge is -2.37. The first-order valence-corrected chi connectivity index (χ1v) is 13.2. The largest absolute Gasteiger partial charge is 0.243 e. The van der Waals surface area contributed by atoms with Gasteiger partial charge in [0.05, 0.1) is 9.79 Å². The molecule has 1 aromatic rings. The Hall–Kier alpha value is -0.960. The van der Waals surface area contributed by atoms with Gasteiger partial charge in [0.2, 0.25) is 20.0 Å². The topological polar surface area (TPSA) is 74.8 Å². The minimum Gasteiger partial charge on any atom is -0.207 e. The van der Waals surface area contributed by atoms with E-state index in [0.717, 1.165) is 44.9 Å². The lowest BCUT2D eigenvalue weighted by Crippen LogP contribution is -2.47. The van der Waals surface area contributed by atoms with E-state index >= 15 is 0 Å². The Morgan fingerprint density at radius 1 is 0.821 bits per heavy atom. The van der Waals surface area contributed by atoms with Gasteiger partial charge in [0.1, 0.15) is 0 Å². The van der Waals surface area contributed by atoms with Crippen LogP contribution >= 0.6 is 0 Å². The van der Waals surface area contributed by atoms with Crippen LogP contribution in [-0.2, 0) is 20.0 Å². The molecule has 0 aromatic heterocycles. The zero-order chi connectivity index (χ0) is 20.5. The number of nitrogens with zero attached hydrogens (tertiary/aromatic N) is 2. The first-order chi connectivity index (χ1) is 13.2. The van der Waals surface area contributed by atoms with Crippen LogP contribution in [-0.4, -0.2) is 50.1 Å². The van der Waals surface area contributed by atoms with E-state index in [1.807, 2.05) is 20.8 Å². The minimum absolute atomic E-state index is 0.0252. The van der Waals surface area contributed by atoms with Gasteiger partial charge < -0.3 is 0 Å². The monoisotopic (exact) mass is 428 g/mol. The maximum atomic E-state index is 13.1. The Morgan fingerprint density at radius 2 is 1.36 bits per heavy atom. The third-order valence-electron chi connectivity index (χ3n) is 6.16. The van der Waals surface area contributed by atoms with Gasteiger partial charge >= 0.3 is 0 Å². The Balaban J connectivity index is 1.88. The van der Waals surface area contributed by atoms with Gasteiger partial charge in [-0.05, 0) is 70.2 Å². The standard InChI is InChI=1S/C20H32N2O4S2/c1-4-18-10-5-6-15-21(18)27(23,24)19-11-13-20(14-12-19)28(25,26)22-16(2)8-7-9-17(22)3/h11-14,16-18H,4-10,15H2,1-3H3. The Morgan fingerprint density at radius 3 is 1.89 bits per heavy atom. The van der Waals surface area contributed by atoms with Gasteiger partial charge in [-0.3, -0.25) is 0 Å². The van der Waals surface area contributed by atoms with E-state index in [-0.39, 0.29) is 27.9 Å². The fourth-order valence-corrected chi connectivity index (χ4v) is 8.26. The molecule has 0 spiro atoms. The van der Waals surface area contributed by atoms with Crippen molar-refractivity contribution < 1.29 is 16.8 Å². The molecule has 0 N–H and O–H groups in total. The van der Waals surface area contributed by atoms with Gasteiger partial charge in [-0.25, -0.2) is 16.8 Å². The van der Waals surface area contributed by atoms with E-state index in [4.69, 9.17) is 0 Å². The van der Waals surface area contributed by atoms with Gasteiger partial charge in [-0.15, -0.1) is 0 Å². The van der Waals surface area contributed by atoms with Crippen molar-refractivity contribution in [1.82, 2.24) is 8.61 Å². The fourth-order valence-electron chi connectivity index (χ4n) is 4.61. The first kappa shape index (κ1) is 21.7. The maximum absolute atomic E-state index is 13.1. The molecule has 2 saturated heterocycles. The Kier molecular flexibility index (Phi) is 6.54. The summed E-state index contributed by atoms with van der Waals surface area (Å²) in [7, 11) is -7.25. The average Bonchev–Trinajstić information content (AvgIpc) is 2.67. The number of rotatable bonds is 5. The lowest BCUT2D eigenvalue weighted by atomic mass is 10.0. The van der Waals surface area contributed by atoms with Crippen molar-refractivity contribution in [2.24, 2.45) is 0 Å². The summed E-state index contributed by atoms with van der Waals surface area (Å²) in [5, 5.41) is 0. The zero-order valence-electron chi connectivity index (χ0n) is 17.0. The van der Waals surface area contributed by atoms with E-state index in [0.29, 0.717) is 6.54 Å². The normalized spacial score (nSPS) is 28.3. The smallest absolute Gasteiger partial charge is 0.207 e. The van der Waals surface area contributed by atoms with E-state index in [1.54, 1.807) is 8.61 Å². The molecule has 8 heteroatoms. The fraction of sp³-hybridized carbons (Fsp3) is 0.700. The van der Waals surface area contributed by atoms with Crippen LogP contribution in [0, 0.1) is 0 Å². The van der Waals surface area contributed by atoms with E-state index in [2.05, 4.69) is 0 Å². The van der Waals surface area contributed by atoms with E-state index in [9.17, 15) is 16.8 Å².